The third kappa shape index (κ3) is 11.1. The van der Waals surface area contributed by atoms with Crippen molar-refractivity contribution in [2.45, 2.75) is 83.5 Å². The van der Waals surface area contributed by atoms with E-state index in [0.29, 0.717) is 19.4 Å². The number of carbonyl (C=O) groups is 2. The number of nitrogens with zero attached hydrogens (tertiary/aromatic N) is 2. The van der Waals surface area contributed by atoms with Gasteiger partial charge in [-0.25, -0.2) is 0 Å². The number of allylic oxidation sites excluding steroid dienone is 2. The van der Waals surface area contributed by atoms with Crippen molar-refractivity contribution in [2.24, 2.45) is 0 Å². The van der Waals surface area contributed by atoms with E-state index < -0.39 is 0 Å². The van der Waals surface area contributed by atoms with Crippen LogP contribution >= 0.6 is 0 Å². The van der Waals surface area contributed by atoms with E-state index in [1.165, 1.54) is 25.7 Å². The Morgan fingerprint density at radius 3 is 1.84 bits per heavy atom. The molecule has 4 heteroatoms. The SMILES string of the molecule is CN(C)CCCN1C(=O)CCCCC/C=C\CCCCCCCC1=O. The van der Waals surface area contributed by atoms with Crippen LogP contribution in [0.15, 0.2) is 12.2 Å². The molecule has 0 radical (unpaired) electrons. The first-order valence-electron chi connectivity index (χ1n) is 10.2. The molecule has 0 fully saturated rings. The zero-order valence-electron chi connectivity index (χ0n) is 16.5. The van der Waals surface area contributed by atoms with Crippen LogP contribution in [0.1, 0.15) is 83.5 Å². The number of amides is 2. The highest BCUT2D eigenvalue weighted by Gasteiger charge is 2.20. The lowest BCUT2D eigenvalue weighted by Crippen LogP contribution is -2.38. The van der Waals surface area contributed by atoms with E-state index in [2.05, 4.69) is 17.1 Å². The van der Waals surface area contributed by atoms with Crippen molar-refractivity contribution >= 4 is 11.8 Å². The van der Waals surface area contributed by atoms with Crippen LogP contribution in [0, 0.1) is 0 Å². The van der Waals surface area contributed by atoms with E-state index in [1.807, 2.05) is 14.1 Å². The van der Waals surface area contributed by atoms with Crippen LogP contribution in [0.25, 0.3) is 0 Å². The summed E-state index contributed by atoms with van der Waals surface area (Å²) in [6.07, 6.45) is 17.5. The van der Waals surface area contributed by atoms with E-state index >= 15 is 0 Å². The smallest absolute Gasteiger partial charge is 0.229 e. The molecule has 0 aromatic carbocycles. The van der Waals surface area contributed by atoms with Crippen molar-refractivity contribution in [2.75, 3.05) is 27.2 Å². The monoisotopic (exact) mass is 350 g/mol. The molecule has 0 saturated carbocycles. The molecular weight excluding hydrogens is 312 g/mol. The maximum Gasteiger partial charge on any atom is 0.229 e. The normalized spacial score (nSPS) is 21.3. The maximum atomic E-state index is 12.5. The van der Waals surface area contributed by atoms with Gasteiger partial charge in [0.2, 0.25) is 11.8 Å². The first-order chi connectivity index (χ1) is 12.1. The van der Waals surface area contributed by atoms with Gasteiger partial charge in [-0.05, 0) is 65.6 Å². The minimum absolute atomic E-state index is 0.0311. The predicted molar refractivity (Wildman–Crippen MR) is 104 cm³/mol. The van der Waals surface area contributed by atoms with Gasteiger partial charge in [0, 0.05) is 19.4 Å². The van der Waals surface area contributed by atoms with Gasteiger partial charge in [0.25, 0.3) is 0 Å². The van der Waals surface area contributed by atoms with E-state index in [1.54, 1.807) is 4.90 Å². The minimum atomic E-state index is 0.0311. The lowest BCUT2D eigenvalue weighted by atomic mass is 10.1. The minimum Gasteiger partial charge on any atom is -0.309 e. The summed E-state index contributed by atoms with van der Waals surface area (Å²) in [5.41, 5.74) is 0. The summed E-state index contributed by atoms with van der Waals surface area (Å²) in [6, 6.07) is 0. The Morgan fingerprint density at radius 2 is 1.28 bits per heavy atom. The molecule has 1 heterocycles. The van der Waals surface area contributed by atoms with Crippen molar-refractivity contribution in [3.63, 3.8) is 0 Å². The van der Waals surface area contributed by atoms with Crippen LogP contribution in [0.4, 0.5) is 0 Å². The molecule has 1 rings (SSSR count). The van der Waals surface area contributed by atoms with Crippen LogP contribution in [0.5, 0.6) is 0 Å². The second-order valence-electron chi connectivity index (χ2n) is 7.47. The van der Waals surface area contributed by atoms with Crippen molar-refractivity contribution in [1.29, 1.82) is 0 Å². The molecule has 0 aromatic rings. The maximum absolute atomic E-state index is 12.5. The molecule has 0 saturated heterocycles. The Kier molecular flexibility index (Phi) is 12.3. The number of imide groups is 1. The van der Waals surface area contributed by atoms with Crippen molar-refractivity contribution in [3.05, 3.63) is 12.2 Å². The number of rotatable bonds is 4. The molecule has 1 aliphatic rings. The molecule has 0 bridgehead atoms. The van der Waals surface area contributed by atoms with E-state index in [0.717, 1.165) is 51.5 Å². The molecule has 4 nitrogen and oxygen atoms in total. The quantitative estimate of drug-likeness (QED) is 0.552. The van der Waals surface area contributed by atoms with Crippen LogP contribution in [-0.2, 0) is 9.59 Å². The Morgan fingerprint density at radius 1 is 0.800 bits per heavy atom. The zero-order valence-corrected chi connectivity index (χ0v) is 16.5. The zero-order chi connectivity index (χ0) is 18.3. The first kappa shape index (κ1) is 21.9. The third-order valence-electron chi connectivity index (χ3n) is 4.78. The Balaban J connectivity index is 2.54. The van der Waals surface area contributed by atoms with Crippen LogP contribution in [0.2, 0.25) is 0 Å². The summed E-state index contributed by atoms with van der Waals surface area (Å²) in [7, 11) is 4.05. The van der Waals surface area contributed by atoms with Gasteiger partial charge in [0.05, 0.1) is 0 Å². The molecular formula is C21H38N2O2. The molecule has 2 amide bonds. The van der Waals surface area contributed by atoms with Gasteiger partial charge in [-0.15, -0.1) is 0 Å². The van der Waals surface area contributed by atoms with Gasteiger partial charge in [-0.1, -0.05) is 37.8 Å². The lowest BCUT2D eigenvalue weighted by Gasteiger charge is -2.22. The largest absolute Gasteiger partial charge is 0.309 e. The molecule has 0 aromatic heterocycles. The molecule has 0 spiro atoms. The predicted octanol–water partition coefficient (Wildman–Crippen LogP) is 4.54. The summed E-state index contributed by atoms with van der Waals surface area (Å²) in [4.78, 5) is 28.7. The van der Waals surface area contributed by atoms with Gasteiger partial charge in [-0.2, -0.15) is 0 Å². The standard InChI is InChI=1S/C21H38N2O2/c1-22(2)18-15-19-23-20(24)16-13-11-9-7-5-3-4-6-8-10-12-14-17-21(23)25/h3,5H,4,6-19H2,1-2H3/b5-3-. The van der Waals surface area contributed by atoms with Gasteiger partial charge in [0.15, 0.2) is 0 Å². The Labute approximate surface area is 154 Å². The highest BCUT2D eigenvalue weighted by molar-refractivity contribution is 5.95. The second kappa shape index (κ2) is 14.1. The molecule has 0 N–H and O–H groups in total. The van der Waals surface area contributed by atoms with E-state index in [4.69, 9.17) is 0 Å². The fourth-order valence-corrected chi connectivity index (χ4v) is 3.22. The molecule has 25 heavy (non-hydrogen) atoms. The van der Waals surface area contributed by atoms with Gasteiger partial charge < -0.3 is 4.90 Å². The average Bonchev–Trinajstić information content (AvgIpc) is 2.57. The first-order valence-corrected chi connectivity index (χ1v) is 10.2. The fourth-order valence-electron chi connectivity index (χ4n) is 3.22. The molecule has 1 aliphatic heterocycles. The Bertz CT molecular complexity index is 405. The number of hydrogen-bond donors (Lipinski definition) is 0. The van der Waals surface area contributed by atoms with Crippen molar-refractivity contribution in [1.82, 2.24) is 9.80 Å². The van der Waals surface area contributed by atoms with Crippen molar-refractivity contribution in [3.8, 4) is 0 Å². The Hall–Kier alpha value is -1.16. The lowest BCUT2D eigenvalue weighted by molar-refractivity contribution is -0.145. The molecule has 0 unspecified atom stereocenters. The van der Waals surface area contributed by atoms with Crippen molar-refractivity contribution < 1.29 is 9.59 Å². The highest BCUT2D eigenvalue weighted by atomic mass is 16.2. The summed E-state index contributed by atoms with van der Waals surface area (Å²) in [5, 5.41) is 0. The van der Waals surface area contributed by atoms with E-state index in [9.17, 15) is 9.59 Å². The summed E-state index contributed by atoms with van der Waals surface area (Å²) in [6.45, 7) is 1.47. The van der Waals surface area contributed by atoms with Gasteiger partial charge >= 0.3 is 0 Å². The number of hydrogen-bond acceptors (Lipinski definition) is 3. The summed E-state index contributed by atoms with van der Waals surface area (Å²) in [5.74, 6) is 0.0679. The van der Waals surface area contributed by atoms with Crippen LogP contribution in [-0.4, -0.2) is 48.8 Å². The average molecular weight is 351 g/mol. The molecule has 0 atom stereocenters. The highest BCUT2D eigenvalue weighted by Crippen LogP contribution is 2.13. The second-order valence-corrected chi connectivity index (χ2v) is 7.47. The van der Waals surface area contributed by atoms with Gasteiger partial charge in [-0.3, -0.25) is 14.5 Å². The van der Waals surface area contributed by atoms with Gasteiger partial charge in [0.1, 0.15) is 0 Å². The number of carbonyl (C=O) groups excluding carboxylic acids is 2. The van der Waals surface area contributed by atoms with Crippen LogP contribution < -0.4 is 0 Å². The van der Waals surface area contributed by atoms with Crippen LogP contribution in [0.3, 0.4) is 0 Å². The molecule has 144 valence electrons. The topological polar surface area (TPSA) is 40.6 Å². The van der Waals surface area contributed by atoms with E-state index in [-0.39, 0.29) is 11.8 Å². The summed E-state index contributed by atoms with van der Waals surface area (Å²) >= 11 is 0. The fraction of sp³-hybridized carbons (Fsp3) is 0.810. The molecule has 0 aliphatic carbocycles. The summed E-state index contributed by atoms with van der Waals surface area (Å²) < 4.78 is 0. The third-order valence-corrected chi connectivity index (χ3v) is 4.78.